The van der Waals surface area contributed by atoms with Crippen LogP contribution in [0.15, 0.2) is 0 Å². The highest BCUT2D eigenvalue weighted by Crippen LogP contribution is 2.04. The van der Waals surface area contributed by atoms with Gasteiger partial charge in [-0.25, -0.2) is 4.79 Å². The quantitative estimate of drug-likeness (QED) is 0.609. The van der Waals surface area contributed by atoms with Gasteiger partial charge in [0.05, 0.1) is 0 Å². The van der Waals surface area contributed by atoms with Gasteiger partial charge in [-0.1, -0.05) is 0 Å². The maximum atomic E-state index is 11.3. The zero-order chi connectivity index (χ0) is 13.0. The molecule has 6 heteroatoms. The Morgan fingerprint density at radius 1 is 1.33 bits per heavy atom. The minimum atomic E-state index is 0.0753. The number of nitrogens with zero attached hydrogens (tertiary/aromatic N) is 3. The predicted molar refractivity (Wildman–Crippen MR) is 71.8 cm³/mol. The fraction of sp³-hybridized carbons (Fsp3) is 0.917. The number of hydrogen-bond acceptors (Lipinski definition) is 4. The number of nitrogens with one attached hydrogen (secondary N) is 2. The van der Waals surface area contributed by atoms with Gasteiger partial charge < -0.3 is 20.4 Å². The maximum Gasteiger partial charge on any atom is 0.317 e. The first-order chi connectivity index (χ1) is 8.66. The molecule has 2 fully saturated rings. The van der Waals surface area contributed by atoms with Crippen molar-refractivity contribution < 1.29 is 4.79 Å². The number of piperazine rings is 1. The highest BCUT2D eigenvalue weighted by molar-refractivity contribution is 5.76. The normalized spacial score (nSPS) is 26.7. The molecule has 0 aromatic carbocycles. The highest BCUT2D eigenvalue weighted by Gasteiger charge is 2.22. The van der Waals surface area contributed by atoms with Crippen molar-refractivity contribution in [2.75, 3.05) is 66.5 Å². The van der Waals surface area contributed by atoms with Crippen LogP contribution in [0.25, 0.3) is 0 Å². The van der Waals surface area contributed by atoms with Crippen LogP contribution in [-0.4, -0.2) is 93.2 Å². The summed E-state index contributed by atoms with van der Waals surface area (Å²) in [6.07, 6.45) is 0. The lowest BCUT2D eigenvalue weighted by Gasteiger charge is -2.37. The topological polar surface area (TPSA) is 50.9 Å². The lowest BCUT2D eigenvalue weighted by molar-refractivity contribution is 0.113. The fourth-order valence-electron chi connectivity index (χ4n) is 2.53. The third-order valence-electron chi connectivity index (χ3n) is 3.86. The summed E-state index contributed by atoms with van der Waals surface area (Å²) in [7, 11) is 4.36. The van der Waals surface area contributed by atoms with E-state index < -0.39 is 0 Å². The summed E-state index contributed by atoms with van der Waals surface area (Å²) in [4.78, 5) is 18.0. The van der Waals surface area contributed by atoms with Crippen LogP contribution >= 0.6 is 0 Å². The van der Waals surface area contributed by atoms with Gasteiger partial charge in [-0.05, 0) is 14.1 Å². The predicted octanol–water partition coefficient (Wildman–Crippen LogP) is -1.15. The SMILES string of the molecule is CN1CCN(C)C(CNCCN2CCNC2=O)C1. The zero-order valence-corrected chi connectivity index (χ0v) is 11.5. The van der Waals surface area contributed by atoms with E-state index in [1.54, 1.807) is 0 Å². The van der Waals surface area contributed by atoms with E-state index in [1.165, 1.54) is 0 Å². The van der Waals surface area contributed by atoms with Crippen molar-refractivity contribution in [1.29, 1.82) is 0 Å². The second-order valence-electron chi connectivity index (χ2n) is 5.32. The zero-order valence-electron chi connectivity index (χ0n) is 11.5. The largest absolute Gasteiger partial charge is 0.336 e. The molecule has 2 aliphatic heterocycles. The molecule has 0 spiro atoms. The van der Waals surface area contributed by atoms with Crippen molar-refractivity contribution in [3.05, 3.63) is 0 Å². The van der Waals surface area contributed by atoms with E-state index in [9.17, 15) is 4.79 Å². The standard InChI is InChI=1S/C12H25N5O/c1-15-7-8-16(2)11(10-15)9-13-3-5-17-6-4-14-12(17)18/h11,13H,3-10H2,1-2H3,(H,14,18). The maximum absolute atomic E-state index is 11.3. The molecule has 0 saturated carbocycles. The third-order valence-corrected chi connectivity index (χ3v) is 3.86. The second-order valence-corrected chi connectivity index (χ2v) is 5.32. The summed E-state index contributed by atoms with van der Waals surface area (Å²) < 4.78 is 0. The van der Waals surface area contributed by atoms with Crippen LogP contribution in [0, 0.1) is 0 Å². The van der Waals surface area contributed by atoms with Gasteiger partial charge in [-0.3, -0.25) is 4.90 Å². The first kappa shape index (κ1) is 13.6. The summed E-state index contributed by atoms with van der Waals surface area (Å²) in [5.74, 6) is 0. The Hall–Kier alpha value is -0.850. The van der Waals surface area contributed by atoms with Crippen LogP contribution in [0.2, 0.25) is 0 Å². The molecule has 18 heavy (non-hydrogen) atoms. The Morgan fingerprint density at radius 2 is 2.17 bits per heavy atom. The molecule has 2 heterocycles. The first-order valence-corrected chi connectivity index (χ1v) is 6.79. The van der Waals surface area contributed by atoms with E-state index in [2.05, 4.69) is 34.5 Å². The van der Waals surface area contributed by atoms with Crippen molar-refractivity contribution in [1.82, 2.24) is 25.3 Å². The second kappa shape index (κ2) is 6.36. The van der Waals surface area contributed by atoms with Gasteiger partial charge in [0.1, 0.15) is 0 Å². The van der Waals surface area contributed by atoms with Gasteiger partial charge in [0, 0.05) is 58.4 Å². The van der Waals surface area contributed by atoms with E-state index >= 15 is 0 Å². The molecule has 0 aromatic rings. The molecular formula is C12H25N5O. The average molecular weight is 255 g/mol. The Bertz CT molecular complexity index is 286. The molecule has 104 valence electrons. The Labute approximate surface area is 109 Å². The minimum absolute atomic E-state index is 0.0753. The van der Waals surface area contributed by atoms with Crippen molar-refractivity contribution in [2.45, 2.75) is 6.04 Å². The number of hydrogen-bond donors (Lipinski definition) is 2. The number of likely N-dealkylation sites (N-methyl/N-ethyl adjacent to an activating group) is 2. The fourth-order valence-corrected chi connectivity index (χ4v) is 2.53. The van der Waals surface area contributed by atoms with E-state index in [-0.39, 0.29) is 6.03 Å². The van der Waals surface area contributed by atoms with Crippen LogP contribution < -0.4 is 10.6 Å². The van der Waals surface area contributed by atoms with Gasteiger partial charge in [-0.2, -0.15) is 0 Å². The molecule has 0 aliphatic carbocycles. The van der Waals surface area contributed by atoms with E-state index in [0.29, 0.717) is 6.04 Å². The molecule has 1 unspecified atom stereocenters. The third kappa shape index (κ3) is 3.57. The average Bonchev–Trinajstić information content (AvgIpc) is 2.75. The Kier molecular flexibility index (Phi) is 4.79. The first-order valence-electron chi connectivity index (χ1n) is 6.79. The minimum Gasteiger partial charge on any atom is -0.336 e. The molecule has 6 nitrogen and oxygen atoms in total. The number of rotatable bonds is 5. The monoisotopic (exact) mass is 255 g/mol. The van der Waals surface area contributed by atoms with E-state index in [0.717, 1.165) is 52.4 Å². The van der Waals surface area contributed by atoms with Crippen molar-refractivity contribution in [3.8, 4) is 0 Å². The molecule has 2 aliphatic rings. The van der Waals surface area contributed by atoms with Gasteiger partial charge in [0.2, 0.25) is 0 Å². The van der Waals surface area contributed by atoms with Crippen molar-refractivity contribution >= 4 is 6.03 Å². The molecule has 0 bridgehead atoms. The van der Waals surface area contributed by atoms with Crippen LogP contribution in [-0.2, 0) is 0 Å². The van der Waals surface area contributed by atoms with Crippen LogP contribution in [0.4, 0.5) is 4.79 Å². The number of carbonyl (C=O) groups is 1. The Morgan fingerprint density at radius 3 is 2.89 bits per heavy atom. The lowest BCUT2D eigenvalue weighted by Crippen LogP contribution is -2.54. The molecule has 1 atom stereocenters. The van der Waals surface area contributed by atoms with E-state index in [1.807, 2.05) is 4.90 Å². The van der Waals surface area contributed by atoms with E-state index in [4.69, 9.17) is 0 Å². The van der Waals surface area contributed by atoms with Crippen molar-refractivity contribution in [3.63, 3.8) is 0 Å². The molecule has 0 radical (unpaired) electrons. The number of urea groups is 1. The summed E-state index contributed by atoms with van der Waals surface area (Å²) in [5, 5.41) is 6.28. The van der Waals surface area contributed by atoms with Crippen LogP contribution in [0.1, 0.15) is 0 Å². The lowest BCUT2D eigenvalue weighted by atomic mass is 10.2. The summed E-state index contributed by atoms with van der Waals surface area (Å²) in [5.41, 5.74) is 0. The van der Waals surface area contributed by atoms with Gasteiger partial charge in [0.25, 0.3) is 0 Å². The summed E-state index contributed by atoms with van der Waals surface area (Å²) in [6, 6.07) is 0.655. The van der Waals surface area contributed by atoms with Gasteiger partial charge >= 0.3 is 6.03 Å². The van der Waals surface area contributed by atoms with Gasteiger partial charge in [-0.15, -0.1) is 0 Å². The molecule has 2 amide bonds. The van der Waals surface area contributed by atoms with Gasteiger partial charge in [0.15, 0.2) is 0 Å². The van der Waals surface area contributed by atoms with Crippen LogP contribution in [0.5, 0.6) is 0 Å². The molecule has 0 aromatic heterocycles. The number of carbonyl (C=O) groups excluding carboxylic acids is 1. The van der Waals surface area contributed by atoms with Crippen LogP contribution in [0.3, 0.4) is 0 Å². The molecule has 2 saturated heterocycles. The molecular weight excluding hydrogens is 230 g/mol. The highest BCUT2D eigenvalue weighted by atomic mass is 16.2. The molecule has 2 rings (SSSR count). The number of amides is 2. The smallest absolute Gasteiger partial charge is 0.317 e. The molecule has 2 N–H and O–H groups in total. The van der Waals surface area contributed by atoms with Crippen molar-refractivity contribution in [2.24, 2.45) is 0 Å². The summed E-state index contributed by atoms with van der Waals surface area (Å²) in [6.45, 7) is 7.71. The summed E-state index contributed by atoms with van der Waals surface area (Å²) >= 11 is 0. The Balaban J connectivity index is 1.61.